The van der Waals surface area contributed by atoms with Gasteiger partial charge in [0.15, 0.2) is 0 Å². The monoisotopic (exact) mass is 168 g/mol. The van der Waals surface area contributed by atoms with E-state index in [0.29, 0.717) is 18.9 Å². The molecule has 1 unspecified atom stereocenters. The summed E-state index contributed by atoms with van der Waals surface area (Å²) in [6.07, 6.45) is 0.385. The molecule has 0 aromatic carbocycles. The summed E-state index contributed by atoms with van der Waals surface area (Å²) < 4.78 is 0. The lowest BCUT2D eigenvalue weighted by Crippen LogP contribution is -2.32. The first kappa shape index (κ1) is 11.0. The van der Waals surface area contributed by atoms with Crippen molar-refractivity contribution in [2.75, 3.05) is 6.54 Å². The van der Waals surface area contributed by atoms with Crippen LogP contribution in [0.25, 0.3) is 0 Å². The summed E-state index contributed by atoms with van der Waals surface area (Å²) in [4.78, 5) is 11.2. The Morgan fingerprint density at radius 2 is 2.08 bits per heavy atom. The van der Waals surface area contributed by atoms with Crippen molar-refractivity contribution >= 4 is 5.91 Å². The quantitative estimate of drug-likeness (QED) is 0.643. The van der Waals surface area contributed by atoms with Crippen LogP contribution in [-0.4, -0.2) is 12.5 Å². The van der Waals surface area contributed by atoms with Crippen molar-refractivity contribution in [1.82, 2.24) is 5.32 Å². The SMILES string of the molecule is CC(C)C(C)C(=O)NCCC#N. The predicted octanol–water partition coefficient (Wildman–Crippen LogP) is 1.31. The Labute approximate surface area is 73.8 Å². The minimum Gasteiger partial charge on any atom is -0.355 e. The summed E-state index contributed by atoms with van der Waals surface area (Å²) in [5.74, 6) is 0.427. The molecule has 1 N–H and O–H groups in total. The second-order valence-corrected chi connectivity index (χ2v) is 3.23. The van der Waals surface area contributed by atoms with Crippen molar-refractivity contribution in [1.29, 1.82) is 5.26 Å². The molecule has 0 bridgehead atoms. The lowest BCUT2D eigenvalue weighted by molar-refractivity contribution is -0.125. The van der Waals surface area contributed by atoms with Gasteiger partial charge in [0.05, 0.1) is 12.5 Å². The Morgan fingerprint density at radius 3 is 2.50 bits per heavy atom. The average Bonchev–Trinajstić information content (AvgIpc) is 2.03. The summed E-state index contributed by atoms with van der Waals surface area (Å²) in [5, 5.41) is 10.9. The molecule has 0 aromatic rings. The zero-order valence-electron chi connectivity index (χ0n) is 7.92. The van der Waals surface area contributed by atoms with Crippen molar-refractivity contribution in [2.24, 2.45) is 11.8 Å². The van der Waals surface area contributed by atoms with Gasteiger partial charge in [0, 0.05) is 12.5 Å². The van der Waals surface area contributed by atoms with E-state index < -0.39 is 0 Å². The maximum atomic E-state index is 11.2. The van der Waals surface area contributed by atoms with Gasteiger partial charge in [0.25, 0.3) is 0 Å². The minimum absolute atomic E-state index is 0.0312. The lowest BCUT2D eigenvalue weighted by Gasteiger charge is -2.14. The molecule has 0 saturated heterocycles. The van der Waals surface area contributed by atoms with E-state index >= 15 is 0 Å². The number of rotatable bonds is 4. The first-order chi connectivity index (χ1) is 5.59. The fraction of sp³-hybridized carbons (Fsp3) is 0.778. The minimum atomic E-state index is 0.0312. The number of nitrogens with zero attached hydrogens (tertiary/aromatic N) is 1. The molecule has 0 aliphatic heterocycles. The first-order valence-electron chi connectivity index (χ1n) is 4.24. The van der Waals surface area contributed by atoms with E-state index in [0.717, 1.165) is 0 Å². The van der Waals surface area contributed by atoms with Crippen LogP contribution in [0.1, 0.15) is 27.2 Å². The molecule has 0 heterocycles. The summed E-state index contributed by atoms with van der Waals surface area (Å²) in [5.41, 5.74) is 0. The van der Waals surface area contributed by atoms with Crippen LogP contribution >= 0.6 is 0 Å². The second-order valence-electron chi connectivity index (χ2n) is 3.23. The summed E-state index contributed by atoms with van der Waals surface area (Å²) >= 11 is 0. The van der Waals surface area contributed by atoms with Crippen LogP contribution in [0.4, 0.5) is 0 Å². The van der Waals surface area contributed by atoms with Gasteiger partial charge in [-0.15, -0.1) is 0 Å². The van der Waals surface area contributed by atoms with E-state index in [2.05, 4.69) is 5.32 Å². The van der Waals surface area contributed by atoms with Crippen molar-refractivity contribution in [3.8, 4) is 6.07 Å². The normalized spacial score (nSPS) is 12.2. The predicted molar refractivity (Wildman–Crippen MR) is 47.2 cm³/mol. The number of nitrogens with one attached hydrogen (secondary N) is 1. The second kappa shape index (κ2) is 5.59. The van der Waals surface area contributed by atoms with Crippen LogP contribution in [0.15, 0.2) is 0 Å². The summed E-state index contributed by atoms with van der Waals surface area (Å²) in [6, 6.07) is 1.98. The van der Waals surface area contributed by atoms with Crippen LogP contribution in [0.3, 0.4) is 0 Å². The molecule has 3 heteroatoms. The fourth-order valence-electron chi connectivity index (χ4n) is 0.705. The van der Waals surface area contributed by atoms with E-state index in [4.69, 9.17) is 5.26 Å². The highest BCUT2D eigenvalue weighted by Gasteiger charge is 2.15. The molecule has 1 amide bonds. The Kier molecular flexibility index (Phi) is 5.11. The van der Waals surface area contributed by atoms with Gasteiger partial charge < -0.3 is 5.32 Å². The number of amides is 1. The van der Waals surface area contributed by atoms with E-state index in [1.54, 1.807) is 0 Å². The van der Waals surface area contributed by atoms with E-state index in [1.165, 1.54) is 0 Å². The van der Waals surface area contributed by atoms with E-state index in [1.807, 2.05) is 26.8 Å². The van der Waals surface area contributed by atoms with Crippen LogP contribution in [0, 0.1) is 23.2 Å². The third-order valence-electron chi connectivity index (χ3n) is 1.95. The average molecular weight is 168 g/mol. The number of carbonyl (C=O) groups excluding carboxylic acids is 1. The molecule has 0 saturated carbocycles. The van der Waals surface area contributed by atoms with Crippen molar-refractivity contribution in [2.45, 2.75) is 27.2 Å². The maximum absolute atomic E-state index is 11.2. The van der Waals surface area contributed by atoms with Crippen LogP contribution in [-0.2, 0) is 4.79 Å². The van der Waals surface area contributed by atoms with Gasteiger partial charge in [-0.2, -0.15) is 5.26 Å². The highest BCUT2D eigenvalue weighted by molar-refractivity contribution is 5.78. The standard InChI is InChI=1S/C9H16N2O/c1-7(2)8(3)9(12)11-6-4-5-10/h7-8H,4,6H2,1-3H3,(H,11,12). The van der Waals surface area contributed by atoms with Gasteiger partial charge in [-0.3, -0.25) is 4.79 Å². The molecule has 0 rings (SSSR count). The molecule has 68 valence electrons. The van der Waals surface area contributed by atoms with E-state index in [9.17, 15) is 4.79 Å². The van der Waals surface area contributed by atoms with Crippen molar-refractivity contribution in [3.05, 3.63) is 0 Å². The zero-order valence-corrected chi connectivity index (χ0v) is 7.92. The number of hydrogen-bond acceptors (Lipinski definition) is 2. The highest BCUT2D eigenvalue weighted by atomic mass is 16.1. The molecule has 0 spiro atoms. The zero-order chi connectivity index (χ0) is 9.56. The Hall–Kier alpha value is -1.04. The van der Waals surface area contributed by atoms with E-state index in [-0.39, 0.29) is 11.8 Å². The molecular weight excluding hydrogens is 152 g/mol. The van der Waals surface area contributed by atoms with Gasteiger partial charge in [-0.25, -0.2) is 0 Å². The molecule has 0 aliphatic carbocycles. The molecule has 0 radical (unpaired) electrons. The molecule has 0 aromatic heterocycles. The van der Waals surface area contributed by atoms with Gasteiger partial charge in [0.2, 0.25) is 5.91 Å². The Balaban J connectivity index is 3.66. The van der Waals surface area contributed by atoms with Crippen LogP contribution in [0.5, 0.6) is 0 Å². The fourth-order valence-corrected chi connectivity index (χ4v) is 0.705. The number of nitriles is 1. The highest BCUT2D eigenvalue weighted by Crippen LogP contribution is 2.08. The number of hydrogen-bond donors (Lipinski definition) is 1. The third kappa shape index (κ3) is 3.97. The van der Waals surface area contributed by atoms with Crippen molar-refractivity contribution < 1.29 is 4.79 Å². The number of carbonyl (C=O) groups is 1. The smallest absolute Gasteiger partial charge is 0.223 e. The molecule has 0 aliphatic rings. The largest absolute Gasteiger partial charge is 0.355 e. The molecule has 0 fully saturated rings. The van der Waals surface area contributed by atoms with Gasteiger partial charge in [-0.05, 0) is 5.92 Å². The molecular formula is C9H16N2O. The molecule has 1 atom stereocenters. The lowest BCUT2D eigenvalue weighted by atomic mass is 9.97. The van der Waals surface area contributed by atoms with Gasteiger partial charge in [0.1, 0.15) is 0 Å². The topological polar surface area (TPSA) is 52.9 Å². The third-order valence-corrected chi connectivity index (χ3v) is 1.95. The Bertz CT molecular complexity index is 181. The van der Waals surface area contributed by atoms with Gasteiger partial charge >= 0.3 is 0 Å². The maximum Gasteiger partial charge on any atom is 0.223 e. The van der Waals surface area contributed by atoms with Crippen LogP contribution in [0.2, 0.25) is 0 Å². The molecule has 3 nitrogen and oxygen atoms in total. The van der Waals surface area contributed by atoms with Crippen molar-refractivity contribution in [3.63, 3.8) is 0 Å². The summed E-state index contributed by atoms with van der Waals surface area (Å²) in [6.45, 7) is 6.38. The van der Waals surface area contributed by atoms with Crippen LogP contribution < -0.4 is 5.32 Å². The van der Waals surface area contributed by atoms with Gasteiger partial charge in [-0.1, -0.05) is 20.8 Å². The first-order valence-corrected chi connectivity index (χ1v) is 4.24. The molecule has 12 heavy (non-hydrogen) atoms. The Morgan fingerprint density at radius 1 is 1.50 bits per heavy atom. The summed E-state index contributed by atoms with van der Waals surface area (Å²) in [7, 11) is 0.